The predicted molar refractivity (Wildman–Crippen MR) is 66.3 cm³/mol. The van der Waals surface area contributed by atoms with E-state index in [2.05, 4.69) is 11.8 Å². The lowest BCUT2D eigenvalue weighted by Crippen LogP contribution is -2.54. The molecule has 4 saturated carbocycles. The Balaban J connectivity index is 1.72. The Morgan fingerprint density at radius 2 is 1.89 bits per heavy atom. The Bertz CT molecular complexity index is 341. The van der Waals surface area contributed by atoms with Crippen molar-refractivity contribution in [2.45, 2.75) is 45.4 Å². The van der Waals surface area contributed by atoms with Gasteiger partial charge in [0.05, 0.1) is 5.41 Å². The zero-order chi connectivity index (χ0) is 12.8. The maximum atomic E-state index is 12.4. The van der Waals surface area contributed by atoms with Gasteiger partial charge in [-0.25, -0.2) is 5.90 Å². The van der Waals surface area contributed by atoms with Crippen LogP contribution in [0.5, 0.6) is 0 Å². The molecule has 4 aliphatic carbocycles. The maximum absolute atomic E-state index is 12.4. The second-order valence-electron chi connectivity index (χ2n) is 7.06. The molecular formula is C14H23NO3. The van der Waals surface area contributed by atoms with Gasteiger partial charge in [0.1, 0.15) is 13.2 Å². The highest BCUT2D eigenvalue weighted by atomic mass is 16.6. The fourth-order valence-electron chi connectivity index (χ4n) is 5.29. The van der Waals surface area contributed by atoms with Crippen molar-refractivity contribution in [2.24, 2.45) is 28.6 Å². The summed E-state index contributed by atoms with van der Waals surface area (Å²) in [5.41, 5.74) is 0.195. The first-order valence-corrected chi connectivity index (χ1v) is 7.04. The van der Waals surface area contributed by atoms with Crippen molar-refractivity contribution in [2.75, 3.05) is 13.2 Å². The zero-order valence-electron chi connectivity index (χ0n) is 11.1. The van der Waals surface area contributed by atoms with E-state index in [0.717, 1.165) is 31.1 Å². The van der Waals surface area contributed by atoms with Gasteiger partial charge >= 0.3 is 5.97 Å². The van der Waals surface area contributed by atoms with Gasteiger partial charge in [0.2, 0.25) is 0 Å². The predicted octanol–water partition coefficient (Wildman–Crippen LogP) is 2.03. The van der Waals surface area contributed by atoms with E-state index < -0.39 is 0 Å². The summed E-state index contributed by atoms with van der Waals surface area (Å²) in [6, 6.07) is 0. The van der Waals surface area contributed by atoms with Crippen LogP contribution >= 0.6 is 0 Å². The quantitative estimate of drug-likeness (QED) is 0.473. The Labute approximate surface area is 108 Å². The third-order valence-electron chi connectivity index (χ3n) is 5.22. The summed E-state index contributed by atoms with van der Waals surface area (Å²) >= 11 is 0. The first-order chi connectivity index (χ1) is 8.55. The maximum Gasteiger partial charge on any atom is 0.312 e. The molecule has 4 aliphatic rings. The van der Waals surface area contributed by atoms with Crippen LogP contribution in [0.15, 0.2) is 0 Å². The molecule has 0 heterocycles. The van der Waals surface area contributed by atoms with Crippen LogP contribution < -0.4 is 5.90 Å². The van der Waals surface area contributed by atoms with Crippen molar-refractivity contribution >= 4 is 5.97 Å². The smallest absolute Gasteiger partial charge is 0.312 e. The summed E-state index contributed by atoms with van der Waals surface area (Å²) in [6.07, 6.45) is 7.06. The fourth-order valence-corrected chi connectivity index (χ4v) is 5.29. The van der Waals surface area contributed by atoms with Gasteiger partial charge in [-0.15, -0.1) is 0 Å². The monoisotopic (exact) mass is 253 g/mol. The molecule has 0 aromatic carbocycles. The molecule has 0 amide bonds. The van der Waals surface area contributed by atoms with Gasteiger partial charge in [-0.3, -0.25) is 4.79 Å². The van der Waals surface area contributed by atoms with E-state index in [-0.39, 0.29) is 24.6 Å². The number of esters is 1. The SMILES string of the molecule is CC12CC3CC(C1)CC(C(=O)OCCON)(C3)C2. The minimum atomic E-state index is -0.187. The van der Waals surface area contributed by atoms with E-state index in [1.807, 2.05) is 0 Å². The van der Waals surface area contributed by atoms with Crippen LogP contribution in [0.4, 0.5) is 0 Å². The van der Waals surface area contributed by atoms with Crippen LogP contribution in [0.3, 0.4) is 0 Å². The van der Waals surface area contributed by atoms with E-state index in [4.69, 9.17) is 10.6 Å². The molecule has 0 aliphatic heterocycles. The van der Waals surface area contributed by atoms with Crippen LogP contribution in [-0.4, -0.2) is 19.2 Å². The van der Waals surface area contributed by atoms with Crippen molar-refractivity contribution in [3.63, 3.8) is 0 Å². The molecular weight excluding hydrogens is 230 g/mol. The highest BCUT2D eigenvalue weighted by Crippen LogP contribution is 2.65. The van der Waals surface area contributed by atoms with Crippen LogP contribution in [0.1, 0.15) is 45.4 Å². The van der Waals surface area contributed by atoms with Crippen molar-refractivity contribution < 1.29 is 14.4 Å². The summed E-state index contributed by atoms with van der Waals surface area (Å²) in [7, 11) is 0. The molecule has 2 atom stereocenters. The van der Waals surface area contributed by atoms with Crippen molar-refractivity contribution in [1.82, 2.24) is 0 Å². The molecule has 0 saturated heterocycles. The lowest BCUT2D eigenvalue weighted by molar-refractivity contribution is -0.180. The molecule has 102 valence electrons. The zero-order valence-corrected chi connectivity index (χ0v) is 11.1. The highest BCUT2D eigenvalue weighted by molar-refractivity contribution is 5.77. The largest absolute Gasteiger partial charge is 0.463 e. The average Bonchev–Trinajstić information content (AvgIpc) is 2.25. The van der Waals surface area contributed by atoms with Crippen LogP contribution in [-0.2, 0) is 14.4 Å². The molecule has 18 heavy (non-hydrogen) atoms. The second-order valence-corrected chi connectivity index (χ2v) is 7.06. The van der Waals surface area contributed by atoms with Gasteiger partial charge in [0.15, 0.2) is 0 Å². The average molecular weight is 253 g/mol. The van der Waals surface area contributed by atoms with Gasteiger partial charge in [-0.2, -0.15) is 0 Å². The molecule has 0 spiro atoms. The fraction of sp³-hybridized carbons (Fsp3) is 0.929. The van der Waals surface area contributed by atoms with Crippen LogP contribution in [0, 0.1) is 22.7 Å². The lowest BCUT2D eigenvalue weighted by Gasteiger charge is -2.59. The Morgan fingerprint density at radius 3 is 2.44 bits per heavy atom. The molecule has 4 bridgehead atoms. The minimum Gasteiger partial charge on any atom is -0.463 e. The number of hydrogen-bond donors (Lipinski definition) is 1. The van der Waals surface area contributed by atoms with E-state index in [1.54, 1.807) is 0 Å². The summed E-state index contributed by atoms with van der Waals surface area (Å²) in [5, 5.41) is 0. The van der Waals surface area contributed by atoms with E-state index in [0.29, 0.717) is 5.41 Å². The third kappa shape index (κ3) is 1.95. The van der Waals surface area contributed by atoms with Gasteiger partial charge in [-0.1, -0.05) is 6.92 Å². The Kier molecular flexibility index (Phi) is 2.90. The molecule has 2 unspecified atom stereocenters. The van der Waals surface area contributed by atoms with Gasteiger partial charge in [0, 0.05) is 0 Å². The number of rotatable bonds is 4. The standard InChI is InChI=1S/C14H23NO3/c1-13-5-10-4-11(6-13)8-14(7-10,9-13)12(16)17-2-3-18-15/h10-11H,2-9,15H2,1H3. The van der Waals surface area contributed by atoms with E-state index >= 15 is 0 Å². The summed E-state index contributed by atoms with van der Waals surface area (Å²) < 4.78 is 5.37. The normalized spacial score (nSPS) is 45.2. The van der Waals surface area contributed by atoms with Crippen LogP contribution in [0.2, 0.25) is 0 Å². The molecule has 0 radical (unpaired) electrons. The Morgan fingerprint density at radius 1 is 1.22 bits per heavy atom. The number of nitrogens with two attached hydrogens (primary N) is 1. The summed E-state index contributed by atoms with van der Waals surface area (Å²) in [4.78, 5) is 16.8. The number of ether oxygens (including phenoxy) is 1. The molecule has 2 N–H and O–H groups in total. The molecule has 0 aromatic heterocycles. The van der Waals surface area contributed by atoms with Gasteiger partial charge in [-0.05, 0) is 55.8 Å². The van der Waals surface area contributed by atoms with E-state index in [1.165, 1.54) is 19.3 Å². The number of carbonyl (C=O) groups excluding carboxylic acids is 1. The highest BCUT2D eigenvalue weighted by Gasteiger charge is 2.59. The van der Waals surface area contributed by atoms with Crippen molar-refractivity contribution in [3.05, 3.63) is 0 Å². The van der Waals surface area contributed by atoms with Gasteiger partial charge in [0.25, 0.3) is 0 Å². The molecule has 0 aromatic rings. The van der Waals surface area contributed by atoms with Crippen molar-refractivity contribution in [3.8, 4) is 0 Å². The first-order valence-electron chi connectivity index (χ1n) is 7.04. The molecule has 4 rings (SSSR count). The lowest BCUT2D eigenvalue weighted by atomic mass is 9.44. The molecule has 4 heteroatoms. The van der Waals surface area contributed by atoms with E-state index in [9.17, 15) is 4.79 Å². The second kappa shape index (κ2) is 4.20. The van der Waals surface area contributed by atoms with Crippen LogP contribution in [0.25, 0.3) is 0 Å². The van der Waals surface area contributed by atoms with Gasteiger partial charge < -0.3 is 9.57 Å². The molecule has 4 nitrogen and oxygen atoms in total. The van der Waals surface area contributed by atoms with Crippen molar-refractivity contribution in [1.29, 1.82) is 0 Å². The number of hydrogen-bond acceptors (Lipinski definition) is 4. The summed E-state index contributed by atoms with van der Waals surface area (Å²) in [5.74, 6) is 6.44. The molecule has 4 fully saturated rings. The topological polar surface area (TPSA) is 61.5 Å². The minimum absolute atomic E-state index is 0.000116. The first kappa shape index (κ1) is 12.4. The summed E-state index contributed by atoms with van der Waals surface area (Å²) in [6.45, 7) is 2.92. The third-order valence-corrected chi connectivity index (χ3v) is 5.22. The Hall–Kier alpha value is -0.610. The number of carbonyl (C=O) groups is 1.